The zero-order valence-electron chi connectivity index (χ0n) is 7.69. The molecule has 13 heavy (non-hydrogen) atoms. The highest BCUT2D eigenvalue weighted by Crippen LogP contribution is 2.18. The van der Waals surface area contributed by atoms with E-state index in [0.29, 0.717) is 0 Å². The van der Waals surface area contributed by atoms with Gasteiger partial charge in [0.15, 0.2) is 0 Å². The van der Waals surface area contributed by atoms with E-state index in [0.717, 1.165) is 0 Å². The predicted molar refractivity (Wildman–Crippen MR) is 46.6 cm³/mol. The molecule has 0 aromatic rings. The van der Waals surface area contributed by atoms with Crippen LogP contribution in [0.5, 0.6) is 0 Å². The van der Waals surface area contributed by atoms with Gasteiger partial charge in [-0.2, -0.15) is 8.42 Å². The Morgan fingerprint density at radius 1 is 1.31 bits per heavy atom. The molecule has 0 bridgehead atoms. The molecular weight excluding hydrogens is 198 g/mol. The second-order valence-corrected chi connectivity index (χ2v) is 3.80. The van der Waals surface area contributed by atoms with Crippen molar-refractivity contribution in [3.8, 4) is 0 Å². The summed E-state index contributed by atoms with van der Waals surface area (Å²) in [5.74, 6) is 0. The van der Waals surface area contributed by atoms with Gasteiger partial charge < -0.3 is 15.2 Å². The molecule has 6 nitrogen and oxygen atoms in total. The van der Waals surface area contributed by atoms with Crippen LogP contribution in [0, 0.1) is 0 Å². The van der Waals surface area contributed by atoms with Gasteiger partial charge in [0, 0.05) is 13.2 Å². The minimum Gasteiger partial charge on any atom is -0.335 e. The third-order valence-corrected chi connectivity index (χ3v) is 2.56. The minimum absolute atomic E-state index is 0.0803. The predicted octanol–water partition coefficient (Wildman–Crippen LogP) is -0.440. The molecule has 3 N–H and O–H groups in total. The van der Waals surface area contributed by atoms with Crippen molar-refractivity contribution >= 4 is 10.1 Å². The molecule has 0 radical (unpaired) electrons. The van der Waals surface area contributed by atoms with Crippen LogP contribution >= 0.6 is 0 Å². The summed E-state index contributed by atoms with van der Waals surface area (Å²) in [6.45, 7) is 2.87. The van der Waals surface area contributed by atoms with Crippen molar-refractivity contribution in [1.29, 1.82) is 0 Å². The van der Waals surface area contributed by atoms with E-state index in [4.69, 9.17) is 19.8 Å². The topological polar surface area (TPSA) is 98.9 Å². The fraction of sp³-hybridized carbons (Fsp3) is 1.00. The summed E-state index contributed by atoms with van der Waals surface area (Å²) in [5, 5.41) is -2.11. The van der Waals surface area contributed by atoms with Crippen molar-refractivity contribution in [1.82, 2.24) is 0 Å². The Bertz CT molecular complexity index is 231. The molecule has 0 unspecified atom stereocenters. The van der Waals surface area contributed by atoms with E-state index >= 15 is 0 Å². The van der Waals surface area contributed by atoms with Crippen LogP contribution in [0.4, 0.5) is 0 Å². The van der Waals surface area contributed by atoms with E-state index in [2.05, 4.69) is 0 Å². The molecule has 0 saturated carbocycles. The molecule has 0 aliphatic carbocycles. The van der Waals surface area contributed by atoms with E-state index in [1.807, 2.05) is 0 Å². The second-order valence-electron chi connectivity index (χ2n) is 2.23. The summed E-state index contributed by atoms with van der Waals surface area (Å²) in [7, 11) is -4.47. The Hall–Kier alpha value is -0.210. The van der Waals surface area contributed by atoms with Gasteiger partial charge in [0.1, 0.15) is 0 Å². The molecule has 0 spiro atoms. The van der Waals surface area contributed by atoms with E-state index in [9.17, 15) is 8.42 Å². The Morgan fingerprint density at radius 2 is 1.69 bits per heavy atom. The van der Waals surface area contributed by atoms with Gasteiger partial charge in [-0.3, -0.25) is 4.55 Å². The van der Waals surface area contributed by atoms with Crippen LogP contribution < -0.4 is 5.73 Å². The molecule has 0 heterocycles. The molecule has 0 atom stereocenters. The number of ether oxygens (including phenoxy) is 2. The van der Waals surface area contributed by atoms with Crippen molar-refractivity contribution in [2.24, 2.45) is 5.73 Å². The summed E-state index contributed by atoms with van der Waals surface area (Å²) < 4.78 is 40.2. The highest BCUT2D eigenvalue weighted by molar-refractivity contribution is 7.86. The molecule has 0 rings (SSSR count). The molecule has 0 aliphatic heterocycles. The first-order valence-electron chi connectivity index (χ1n) is 3.88. The summed E-state index contributed by atoms with van der Waals surface area (Å²) in [6.07, 6.45) is 0. The lowest BCUT2D eigenvalue weighted by molar-refractivity contribution is -0.169. The zero-order valence-corrected chi connectivity index (χ0v) is 8.50. The number of rotatable bonds is 6. The molecule has 0 saturated heterocycles. The monoisotopic (exact) mass is 213 g/mol. The maximum Gasteiger partial charge on any atom is 0.323 e. The van der Waals surface area contributed by atoms with E-state index in [-0.39, 0.29) is 13.2 Å². The summed E-state index contributed by atoms with van der Waals surface area (Å²) in [4.78, 5) is 0. The molecule has 0 aromatic carbocycles. The smallest absolute Gasteiger partial charge is 0.323 e. The minimum atomic E-state index is -4.47. The van der Waals surface area contributed by atoms with Gasteiger partial charge in [-0.1, -0.05) is 0 Å². The Balaban J connectivity index is 4.86. The van der Waals surface area contributed by atoms with Crippen LogP contribution in [0.3, 0.4) is 0 Å². The third kappa shape index (κ3) is 2.89. The largest absolute Gasteiger partial charge is 0.335 e. The highest BCUT2D eigenvalue weighted by atomic mass is 32.2. The van der Waals surface area contributed by atoms with Gasteiger partial charge in [0.05, 0.1) is 6.54 Å². The van der Waals surface area contributed by atoms with E-state index < -0.39 is 21.8 Å². The average Bonchev–Trinajstić information content (AvgIpc) is 2.02. The Kier molecular flexibility index (Phi) is 4.79. The Labute approximate surface area is 77.8 Å². The van der Waals surface area contributed by atoms with E-state index in [1.54, 1.807) is 13.8 Å². The zero-order chi connectivity index (χ0) is 10.5. The first kappa shape index (κ1) is 12.8. The number of nitrogens with two attached hydrogens (primary N) is 1. The molecule has 7 heteroatoms. The molecule has 0 amide bonds. The lowest BCUT2D eigenvalue weighted by Gasteiger charge is -2.27. The second kappa shape index (κ2) is 4.87. The fourth-order valence-electron chi connectivity index (χ4n) is 0.854. The lowest BCUT2D eigenvalue weighted by Crippen LogP contribution is -2.50. The first-order chi connectivity index (χ1) is 5.93. The molecule has 0 aromatic heterocycles. The normalized spacial score (nSPS) is 13.2. The van der Waals surface area contributed by atoms with Crippen molar-refractivity contribution in [2.75, 3.05) is 19.8 Å². The fourth-order valence-corrected chi connectivity index (χ4v) is 1.60. The average molecular weight is 213 g/mol. The highest BCUT2D eigenvalue weighted by Gasteiger charge is 2.44. The van der Waals surface area contributed by atoms with Crippen molar-refractivity contribution < 1.29 is 22.4 Å². The number of hydrogen-bond acceptors (Lipinski definition) is 5. The van der Waals surface area contributed by atoms with Gasteiger partial charge >= 0.3 is 15.2 Å². The van der Waals surface area contributed by atoms with Crippen LogP contribution in [0.25, 0.3) is 0 Å². The van der Waals surface area contributed by atoms with Gasteiger partial charge in [-0.25, -0.2) is 0 Å². The summed E-state index contributed by atoms with van der Waals surface area (Å²) >= 11 is 0. The maximum absolute atomic E-state index is 10.9. The molecule has 0 fully saturated rings. The lowest BCUT2D eigenvalue weighted by atomic mass is 10.6. The third-order valence-electron chi connectivity index (χ3n) is 1.37. The molecule has 80 valence electrons. The van der Waals surface area contributed by atoms with Gasteiger partial charge in [-0.15, -0.1) is 0 Å². The van der Waals surface area contributed by atoms with Crippen molar-refractivity contribution in [2.45, 2.75) is 19.0 Å². The first-order valence-corrected chi connectivity index (χ1v) is 5.32. The van der Waals surface area contributed by atoms with E-state index in [1.165, 1.54) is 0 Å². The standard InChI is InChI=1S/C6H15NO5S/c1-3-11-6(5-7,12-4-2)13(8,9)10/h3-5,7H2,1-2H3,(H,8,9,10). The SMILES string of the molecule is CCOC(CN)(OCC)S(=O)(=O)O. The maximum atomic E-state index is 10.9. The summed E-state index contributed by atoms with van der Waals surface area (Å²) in [5.41, 5.74) is 5.18. The Morgan fingerprint density at radius 3 is 1.85 bits per heavy atom. The van der Waals surface area contributed by atoms with Gasteiger partial charge in [-0.05, 0) is 13.8 Å². The van der Waals surface area contributed by atoms with Crippen molar-refractivity contribution in [3.63, 3.8) is 0 Å². The molecular formula is C6H15NO5S. The van der Waals surface area contributed by atoms with Crippen LogP contribution in [0.15, 0.2) is 0 Å². The van der Waals surface area contributed by atoms with Crippen LogP contribution in [0.1, 0.15) is 13.8 Å². The number of hydrogen-bond donors (Lipinski definition) is 2. The van der Waals surface area contributed by atoms with Crippen molar-refractivity contribution in [3.05, 3.63) is 0 Å². The van der Waals surface area contributed by atoms with Crippen LogP contribution in [-0.4, -0.2) is 37.8 Å². The molecule has 0 aliphatic rings. The van der Waals surface area contributed by atoms with Gasteiger partial charge in [0.2, 0.25) is 0 Å². The quantitative estimate of drug-likeness (QED) is 0.458. The van der Waals surface area contributed by atoms with Crippen LogP contribution in [-0.2, 0) is 19.6 Å². The van der Waals surface area contributed by atoms with Gasteiger partial charge in [0.25, 0.3) is 0 Å². The summed E-state index contributed by atoms with van der Waals surface area (Å²) in [6, 6.07) is 0. The van der Waals surface area contributed by atoms with Crippen LogP contribution in [0.2, 0.25) is 0 Å².